The van der Waals surface area contributed by atoms with Gasteiger partial charge in [0.2, 0.25) is 0 Å². The monoisotopic (exact) mass is 343 g/mol. The summed E-state index contributed by atoms with van der Waals surface area (Å²) >= 11 is 0. The summed E-state index contributed by atoms with van der Waals surface area (Å²) in [7, 11) is 0. The van der Waals surface area contributed by atoms with Gasteiger partial charge in [-0.15, -0.1) is 0 Å². The molecule has 3 rings (SSSR count). The molecule has 1 spiro atoms. The Morgan fingerprint density at radius 2 is 1.88 bits per heavy atom. The zero-order valence-electron chi connectivity index (χ0n) is 15.4. The Morgan fingerprint density at radius 1 is 1.16 bits per heavy atom. The summed E-state index contributed by atoms with van der Waals surface area (Å²) in [4.78, 5) is 29.1. The van der Waals surface area contributed by atoms with Crippen molar-refractivity contribution < 1.29 is 9.59 Å². The summed E-state index contributed by atoms with van der Waals surface area (Å²) in [5.41, 5.74) is 1.79. The molecule has 0 unspecified atom stereocenters. The molecule has 5 heteroatoms. The van der Waals surface area contributed by atoms with Crippen molar-refractivity contribution in [1.29, 1.82) is 0 Å². The van der Waals surface area contributed by atoms with Crippen molar-refractivity contribution in [2.45, 2.75) is 64.5 Å². The molecular weight excluding hydrogens is 314 g/mol. The highest BCUT2D eigenvalue weighted by Crippen LogP contribution is 2.32. The topological polar surface area (TPSA) is 52.6 Å². The number of carbonyl (C=O) groups excluding carboxylic acids is 2. The summed E-state index contributed by atoms with van der Waals surface area (Å²) in [6.45, 7) is 6.03. The number of imide groups is 1. The highest BCUT2D eigenvalue weighted by molar-refractivity contribution is 6.07. The Bertz CT molecular complexity index is 636. The molecule has 1 saturated heterocycles. The van der Waals surface area contributed by atoms with Crippen LogP contribution in [-0.4, -0.2) is 40.5 Å². The van der Waals surface area contributed by atoms with E-state index in [1.165, 1.54) is 16.0 Å². The quantitative estimate of drug-likeness (QED) is 0.834. The molecule has 1 aromatic carbocycles. The number of benzene rings is 1. The largest absolute Gasteiger partial charge is 0.326 e. The van der Waals surface area contributed by atoms with Crippen molar-refractivity contribution in [3.05, 3.63) is 35.4 Å². The SMILES string of the molecule is CCN(Cc1cccc(C)c1)CN1C(=O)NC2(CCCCCC2)C1=O. The van der Waals surface area contributed by atoms with Gasteiger partial charge in [-0.25, -0.2) is 9.69 Å². The molecule has 3 amide bonds. The lowest BCUT2D eigenvalue weighted by Gasteiger charge is -2.27. The predicted molar refractivity (Wildman–Crippen MR) is 97.9 cm³/mol. The van der Waals surface area contributed by atoms with E-state index in [-0.39, 0.29) is 11.9 Å². The molecule has 5 nitrogen and oxygen atoms in total. The molecule has 1 saturated carbocycles. The molecule has 0 aromatic heterocycles. The summed E-state index contributed by atoms with van der Waals surface area (Å²) in [5, 5.41) is 3.02. The second kappa shape index (κ2) is 7.56. The number of amides is 3. The van der Waals surface area contributed by atoms with Crippen LogP contribution in [0.3, 0.4) is 0 Å². The number of hydrogen-bond acceptors (Lipinski definition) is 3. The molecule has 2 aliphatic rings. The Kier molecular flexibility index (Phi) is 5.42. The zero-order chi connectivity index (χ0) is 17.9. The molecule has 1 heterocycles. The maximum absolute atomic E-state index is 13.0. The van der Waals surface area contributed by atoms with E-state index in [9.17, 15) is 9.59 Å². The third-order valence-corrected chi connectivity index (χ3v) is 5.48. The van der Waals surface area contributed by atoms with Crippen LogP contribution in [0.25, 0.3) is 0 Å². The third kappa shape index (κ3) is 3.87. The number of carbonyl (C=O) groups is 2. The van der Waals surface area contributed by atoms with Crippen LogP contribution in [0.5, 0.6) is 0 Å². The lowest BCUT2D eigenvalue weighted by atomic mass is 9.90. The van der Waals surface area contributed by atoms with Gasteiger partial charge in [-0.2, -0.15) is 0 Å². The van der Waals surface area contributed by atoms with Gasteiger partial charge in [0, 0.05) is 6.54 Å². The van der Waals surface area contributed by atoms with Gasteiger partial charge in [0.1, 0.15) is 5.54 Å². The Morgan fingerprint density at radius 3 is 2.52 bits per heavy atom. The van der Waals surface area contributed by atoms with Crippen molar-refractivity contribution in [1.82, 2.24) is 15.1 Å². The van der Waals surface area contributed by atoms with Gasteiger partial charge < -0.3 is 5.32 Å². The fraction of sp³-hybridized carbons (Fsp3) is 0.600. The number of aryl methyl sites for hydroxylation is 1. The lowest BCUT2D eigenvalue weighted by molar-refractivity contribution is -0.133. The minimum absolute atomic E-state index is 0.0258. The van der Waals surface area contributed by atoms with Crippen molar-refractivity contribution in [3.8, 4) is 0 Å². The number of nitrogens with one attached hydrogen (secondary N) is 1. The van der Waals surface area contributed by atoms with Crippen molar-refractivity contribution in [3.63, 3.8) is 0 Å². The average Bonchev–Trinajstić information content (AvgIpc) is 2.75. The van der Waals surface area contributed by atoms with E-state index in [0.717, 1.165) is 51.6 Å². The van der Waals surface area contributed by atoms with Crippen LogP contribution < -0.4 is 5.32 Å². The van der Waals surface area contributed by atoms with Gasteiger partial charge in [0.15, 0.2) is 0 Å². The van der Waals surface area contributed by atoms with E-state index in [4.69, 9.17) is 0 Å². The molecular formula is C20H29N3O2. The fourth-order valence-electron chi connectivity index (χ4n) is 4.01. The molecule has 1 N–H and O–H groups in total. The molecule has 1 aliphatic heterocycles. The average molecular weight is 343 g/mol. The first-order valence-electron chi connectivity index (χ1n) is 9.46. The van der Waals surface area contributed by atoms with Gasteiger partial charge in [-0.05, 0) is 31.9 Å². The second-order valence-electron chi connectivity index (χ2n) is 7.44. The molecule has 0 radical (unpaired) electrons. The van der Waals surface area contributed by atoms with E-state index < -0.39 is 5.54 Å². The molecule has 0 atom stereocenters. The van der Waals surface area contributed by atoms with Crippen LogP contribution in [-0.2, 0) is 11.3 Å². The van der Waals surface area contributed by atoms with E-state index in [1.807, 2.05) is 6.07 Å². The third-order valence-electron chi connectivity index (χ3n) is 5.48. The van der Waals surface area contributed by atoms with Gasteiger partial charge in [-0.1, -0.05) is 62.4 Å². The minimum Gasteiger partial charge on any atom is -0.323 e. The van der Waals surface area contributed by atoms with Crippen LogP contribution in [0.2, 0.25) is 0 Å². The maximum atomic E-state index is 13.0. The number of urea groups is 1. The molecule has 1 aromatic rings. The van der Waals surface area contributed by atoms with E-state index in [2.05, 4.69) is 42.3 Å². The van der Waals surface area contributed by atoms with Crippen LogP contribution in [0, 0.1) is 6.92 Å². The molecule has 136 valence electrons. The van der Waals surface area contributed by atoms with Gasteiger partial charge >= 0.3 is 6.03 Å². The van der Waals surface area contributed by atoms with Crippen LogP contribution in [0.1, 0.15) is 56.6 Å². The smallest absolute Gasteiger partial charge is 0.323 e. The maximum Gasteiger partial charge on any atom is 0.326 e. The second-order valence-corrected chi connectivity index (χ2v) is 7.44. The predicted octanol–water partition coefficient (Wildman–Crippen LogP) is 3.42. The fourth-order valence-corrected chi connectivity index (χ4v) is 4.01. The summed E-state index contributed by atoms with van der Waals surface area (Å²) < 4.78 is 0. The van der Waals surface area contributed by atoms with E-state index in [1.54, 1.807) is 0 Å². The summed E-state index contributed by atoms with van der Waals surface area (Å²) in [5.74, 6) is -0.0258. The number of rotatable bonds is 5. The van der Waals surface area contributed by atoms with Crippen molar-refractivity contribution in [2.75, 3.05) is 13.2 Å². The first-order chi connectivity index (χ1) is 12.0. The summed E-state index contributed by atoms with van der Waals surface area (Å²) in [6.07, 6.45) is 5.89. The Hall–Kier alpha value is -1.88. The van der Waals surface area contributed by atoms with Crippen molar-refractivity contribution >= 4 is 11.9 Å². The van der Waals surface area contributed by atoms with E-state index in [0.29, 0.717) is 6.67 Å². The normalized spacial score (nSPS) is 20.2. The Balaban J connectivity index is 1.70. The molecule has 2 fully saturated rings. The zero-order valence-corrected chi connectivity index (χ0v) is 15.4. The first-order valence-corrected chi connectivity index (χ1v) is 9.46. The Labute approximate surface area is 150 Å². The lowest BCUT2D eigenvalue weighted by Crippen LogP contribution is -2.47. The van der Waals surface area contributed by atoms with Gasteiger partial charge in [0.05, 0.1) is 6.67 Å². The molecule has 0 bridgehead atoms. The minimum atomic E-state index is -0.643. The van der Waals surface area contributed by atoms with Crippen LogP contribution >= 0.6 is 0 Å². The van der Waals surface area contributed by atoms with Gasteiger partial charge in [-0.3, -0.25) is 9.69 Å². The number of nitrogens with zero attached hydrogens (tertiary/aromatic N) is 2. The highest BCUT2D eigenvalue weighted by Gasteiger charge is 2.50. The molecule has 25 heavy (non-hydrogen) atoms. The summed E-state index contributed by atoms with van der Waals surface area (Å²) in [6, 6.07) is 8.14. The van der Waals surface area contributed by atoms with Crippen molar-refractivity contribution in [2.24, 2.45) is 0 Å². The molecule has 1 aliphatic carbocycles. The van der Waals surface area contributed by atoms with Gasteiger partial charge in [0.25, 0.3) is 5.91 Å². The highest BCUT2D eigenvalue weighted by atomic mass is 16.2. The number of hydrogen-bond donors (Lipinski definition) is 1. The van der Waals surface area contributed by atoms with Crippen LogP contribution in [0.4, 0.5) is 4.79 Å². The standard InChI is InChI=1S/C20H29N3O2/c1-3-22(14-17-10-8-9-16(2)13-17)15-23-18(24)20(21-19(23)25)11-6-4-5-7-12-20/h8-10,13H,3-7,11-12,14-15H2,1-2H3,(H,21,25). The van der Waals surface area contributed by atoms with E-state index >= 15 is 0 Å². The first kappa shape index (κ1) is 17.9. The van der Waals surface area contributed by atoms with Crippen LogP contribution in [0.15, 0.2) is 24.3 Å².